The number of rotatable bonds is 13. The van der Waals surface area contributed by atoms with E-state index < -0.39 is 0 Å². The zero-order chi connectivity index (χ0) is 25.1. The van der Waals surface area contributed by atoms with Crippen molar-refractivity contribution in [3.05, 3.63) is 46.3 Å². The molecule has 0 radical (unpaired) electrons. The van der Waals surface area contributed by atoms with Gasteiger partial charge in [0.2, 0.25) is 11.9 Å². The zero-order valence-corrected chi connectivity index (χ0v) is 20.8. The molecule has 0 aliphatic carbocycles. The molecule has 198 valence electrons. The number of quaternary nitrogens is 2. The Morgan fingerprint density at radius 1 is 0.750 bits per heavy atom. The molecule has 0 atom stereocenters. The highest BCUT2D eigenvalue weighted by Gasteiger charge is 2.21. The van der Waals surface area contributed by atoms with Crippen molar-refractivity contribution >= 4 is 11.9 Å². The van der Waals surface area contributed by atoms with Gasteiger partial charge in [-0.2, -0.15) is 15.0 Å². The van der Waals surface area contributed by atoms with Gasteiger partial charge in [0.15, 0.2) is 0 Å². The summed E-state index contributed by atoms with van der Waals surface area (Å²) in [7, 11) is 0. The molecule has 2 saturated heterocycles. The fourth-order valence-electron chi connectivity index (χ4n) is 4.23. The lowest BCUT2D eigenvalue weighted by Crippen LogP contribution is -2.51. The van der Waals surface area contributed by atoms with Crippen molar-refractivity contribution in [2.75, 3.05) is 89.4 Å². The maximum Gasteiger partial charge on any atom is 0.323 e. The van der Waals surface area contributed by atoms with Crippen LogP contribution in [0.5, 0.6) is 6.01 Å². The third kappa shape index (κ3) is 8.50. The topological polar surface area (TPSA) is 137 Å². The molecule has 12 nitrogen and oxygen atoms in total. The highest BCUT2D eigenvalue weighted by Crippen LogP contribution is 2.15. The average Bonchev–Trinajstić information content (AvgIpc) is 2.89. The van der Waals surface area contributed by atoms with Gasteiger partial charge in [-0.05, 0) is 5.56 Å². The maximum atomic E-state index is 12.7. The summed E-state index contributed by atoms with van der Waals surface area (Å²) in [6.45, 7) is 6.52. The van der Waals surface area contributed by atoms with Crippen LogP contribution in [-0.4, -0.2) is 103 Å². The van der Waals surface area contributed by atoms with Crippen LogP contribution in [0.25, 0.3) is 0 Å². The van der Waals surface area contributed by atoms with Gasteiger partial charge in [0, 0.05) is 25.9 Å². The first-order chi connectivity index (χ1) is 17.5. The van der Waals surface area contributed by atoms with Crippen LogP contribution in [0.3, 0.4) is 0 Å². The summed E-state index contributed by atoms with van der Waals surface area (Å²) in [5, 5.41) is 31.7. The number of anilines is 2. The number of ether oxygens (including phenoxy) is 3. The van der Waals surface area contributed by atoms with Crippen molar-refractivity contribution in [1.29, 1.82) is 0 Å². The van der Waals surface area contributed by atoms with Crippen molar-refractivity contribution in [2.45, 2.75) is 19.4 Å². The second-order valence-electron chi connectivity index (χ2n) is 9.28. The molecule has 12 heteroatoms. The minimum atomic E-state index is -0.219. The Bertz CT molecular complexity index is 874. The molecule has 0 amide bonds. The van der Waals surface area contributed by atoms with E-state index >= 15 is 0 Å². The van der Waals surface area contributed by atoms with E-state index in [2.05, 4.69) is 25.6 Å². The normalized spacial score (nSPS) is 18.9. The fraction of sp³-hybridized carbons (Fsp3) is 0.625. The quantitative estimate of drug-likeness (QED) is 0.236. The molecular formula is C24H37N7O5. The second-order valence-corrected chi connectivity index (χ2v) is 9.28. The van der Waals surface area contributed by atoms with E-state index in [1.807, 2.05) is 30.3 Å². The van der Waals surface area contributed by atoms with E-state index in [9.17, 15) is 10.4 Å². The van der Waals surface area contributed by atoms with Crippen LogP contribution in [0.2, 0.25) is 0 Å². The Kier molecular flexibility index (Phi) is 9.61. The Hall–Kier alpha value is -2.61. The van der Waals surface area contributed by atoms with Crippen LogP contribution in [0.4, 0.5) is 11.9 Å². The van der Waals surface area contributed by atoms with Crippen LogP contribution >= 0.6 is 0 Å². The van der Waals surface area contributed by atoms with Crippen molar-refractivity contribution in [3.63, 3.8) is 0 Å². The SMILES string of the molecule is [O-][N+]1(CCCNc2nc(NCCC[N+]3([O-])CCOCC3)nc(OCc3ccccc3)n2)CCOCC1. The monoisotopic (exact) mass is 503 g/mol. The van der Waals surface area contributed by atoms with Crippen molar-refractivity contribution in [2.24, 2.45) is 0 Å². The van der Waals surface area contributed by atoms with E-state index in [1.165, 1.54) is 0 Å². The third-order valence-corrected chi connectivity index (χ3v) is 6.45. The number of benzene rings is 1. The van der Waals surface area contributed by atoms with Gasteiger partial charge < -0.3 is 44.6 Å². The zero-order valence-electron chi connectivity index (χ0n) is 20.8. The molecule has 2 aliphatic rings. The predicted molar refractivity (Wildman–Crippen MR) is 135 cm³/mol. The summed E-state index contributed by atoms with van der Waals surface area (Å²) in [6, 6.07) is 10.0. The lowest BCUT2D eigenvalue weighted by molar-refractivity contribution is -0.888. The number of hydroxylamine groups is 6. The smallest absolute Gasteiger partial charge is 0.323 e. The lowest BCUT2D eigenvalue weighted by atomic mass is 10.2. The summed E-state index contributed by atoms with van der Waals surface area (Å²) >= 11 is 0. The van der Waals surface area contributed by atoms with Gasteiger partial charge in [-0.3, -0.25) is 0 Å². The number of aromatic nitrogens is 3. The molecule has 3 heterocycles. The highest BCUT2D eigenvalue weighted by atomic mass is 16.6. The average molecular weight is 504 g/mol. The van der Waals surface area contributed by atoms with Gasteiger partial charge in [-0.25, -0.2) is 0 Å². The summed E-state index contributed by atoms with van der Waals surface area (Å²) in [5.74, 6) is 0.769. The lowest BCUT2D eigenvalue weighted by Gasteiger charge is -2.45. The first-order valence-electron chi connectivity index (χ1n) is 12.7. The summed E-state index contributed by atoms with van der Waals surface area (Å²) < 4.78 is 16.0. The van der Waals surface area contributed by atoms with Gasteiger partial charge in [-0.15, -0.1) is 0 Å². The van der Waals surface area contributed by atoms with Crippen LogP contribution in [0.1, 0.15) is 18.4 Å². The van der Waals surface area contributed by atoms with Gasteiger partial charge in [-0.1, -0.05) is 30.3 Å². The first-order valence-corrected chi connectivity index (χ1v) is 12.7. The number of nitrogens with zero attached hydrogens (tertiary/aromatic N) is 5. The number of nitrogens with one attached hydrogen (secondary N) is 2. The summed E-state index contributed by atoms with van der Waals surface area (Å²) in [6.07, 6.45) is 1.37. The Labute approximate surface area is 211 Å². The molecule has 2 N–H and O–H groups in total. The number of hydrogen-bond donors (Lipinski definition) is 2. The molecule has 0 unspecified atom stereocenters. The number of hydrogen-bond acceptors (Lipinski definition) is 10. The van der Waals surface area contributed by atoms with Crippen LogP contribution in [-0.2, 0) is 16.1 Å². The Balaban J connectivity index is 1.31. The number of morpholine rings is 2. The van der Waals surface area contributed by atoms with Crippen LogP contribution < -0.4 is 15.4 Å². The van der Waals surface area contributed by atoms with Crippen LogP contribution in [0.15, 0.2) is 30.3 Å². The van der Waals surface area contributed by atoms with E-state index in [0.717, 1.165) is 5.56 Å². The highest BCUT2D eigenvalue weighted by molar-refractivity contribution is 5.35. The minimum absolute atomic E-state index is 0.208. The Morgan fingerprint density at radius 2 is 1.25 bits per heavy atom. The van der Waals surface area contributed by atoms with Gasteiger partial charge in [0.1, 0.15) is 32.8 Å². The van der Waals surface area contributed by atoms with Gasteiger partial charge in [0.25, 0.3) is 0 Å². The van der Waals surface area contributed by atoms with E-state index in [4.69, 9.17) is 14.2 Å². The molecular weight excluding hydrogens is 466 g/mol. The van der Waals surface area contributed by atoms with Crippen LogP contribution in [0, 0.1) is 10.4 Å². The molecule has 0 bridgehead atoms. The summed E-state index contributed by atoms with van der Waals surface area (Å²) in [5.41, 5.74) is 1.01. The van der Waals surface area contributed by atoms with Crippen molar-refractivity contribution in [3.8, 4) is 6.01 Å². The maximum absolute atomic E-state index is 12.7. The molecule has 0 saturated carbocycles. The molecule has 2 aliphatic heterocycles. The molecule has 4 rings (SSSR count). The van der Waals surface area contributed by atoms with E-state index in [0.29, 0.717) is 110 Å². The minimum Gasteiger partial charge on any atom is -0.633 e. The molecule has 1 aromatic heterocycles. The molecule has 2 aromatic rings. The molecule has 2 fully saturated rings. The summed E-state index contributed by atoms with van der Waals surface area (Å²) in [4.78, 5) is 13.3. The van der Waals surface area contributed by atoms with Gasteiger partial charge >= 0.3 is 6.01 Å². The Morgan fingerprint density at radius 3 is 1.75 bits per heavy atom. The van der Waals surface area contributed by atoms with E-state index in [1.54, 1.807) is 0 Å². The van der Waals surface area contributed by atoms with Gasteiger partial charge in [0.05, 0.1) is 39.5 Å². The first kappa shape index (κ1) is 26.5. The van der Waals surface area contributed by atoms with Crippen molar-refractivity contribution < 1.29 is 23.5 Å². The molecule has 36 heavy (non-hydrogen) atoms. The predicted octanol–water partition coefficient (Wildman–Crippen LogP) is 1.74. The standard InChI is InChI=1S/C24H37N7O5/c32-30(12-16-34-17-13-30)10-4-8-25-22-27-23(26-9-5-11-31(33)14-18-35-19-15-31)29-24(28-22)36-20-21-6-2-1-3-7-21/h1-3,6-7H,4-5,8-20H2,(H2,25,26,27,28,29). The molecule has 0 spiro atoms. The fourth-order valence-corrected chi connectivity index (χ4v) is 4.23. The largest absolute Gasteiger partial charge is 0.633 e. The molecule has 1 aromatic carbocycles. The van der Waals surface area contributed by atoms with E-state index in [-0.39, 0.29) is 15.3 Å². The van der Waals surface area contributed by atoms with Crippen molar-refractivity contribution in [1.82, 2.24) is 15.0 Å². The third-order valence-electron chi connectivity index (χ3n) is 6.45. The second kappa shape index (κ2) is 13.1.